The third-order valence-corrected chi connectivity index (χ3v) is 5.38. The third-order valence-electron chi connectivity index (χ3n) is 5.18. The fraction of sp³-hybridized carbons (Fsp3) is 0.593. The van der Waals surface area contributed by atoms with Crippen molar-refractivity contribution in [3.63, 3.8) is 0 Å². The van der Waals surface area contributed by atoms with Crippen molar-refractivity contribution in [3.05, 3.63) is 59.4 Å². The fourth-order valence-corrected chi connectivity index (χ4v) is 3.61. The minimum Gasteiger partial charge on any atom is -0.429 e. The first-order valence-electron chi connectivity index (χ1n) is 12.1. The van der Waals surface area contributed by atoms with Gasteiger partial charge in [0.05, 0.1) is 0 Å². The van der Waals surface area contributed by atoms with Gasteiger partial charge in [0.15, 0.2) is 0 Å². The van der Waals surface area contributed by atoms with Gasteiger partial charge in [-0.1, -0.05) is 71.1 Å². The lowest BCUT2D eigenvalue weighted by molar-refractivity contribution is -0.118. The van der Waals surface area contributed by atoms with Crippen LogP contribution in [0.25, 0.3) is 0 Å². The third kappa shape index (κ3) is 11.8. The first-order valence-corrected chi connectivity index (χ1v) is 12.4. The second kappa shape index (κ2) is 17.8. The number of piperidine rings is 1. The zero-order valence-electron chi connectivity index (χ0n) is 21.5. The van der Waals surface area contributed by atoms with Crippen LogP contribution >= 0.6 is 12.9 Å². The number of amides is 1. The minimum absolute atomic E-state index is 0.0452. The van der Waals surface area contributed by atoms with Crippen LogP contribution in [0.3, 0.4) is 0 Å². The molecule has 1 N–H and O–H groups in total. The Kier molecular flexibility index (Phi) is 16.8. The van der Waals surface area contributed by atoms with E-state index in [0.717, 1.165) is 49.3 Å². The van der Waals surface area contributed by atoms with Gasteiger partial charge in [-0.15, -0.1) is 0 Å². The molecule has 0 radical (unpaired) electrons. The standard InChI is InChI=1S/C25H40N2O2S.C2H6/c1-7-9-11-22(18-19(3)4)25(28)26-23-14-16-27(17-15-23)21(6)13-12-20(5)24(29-30)10-8-2;1-2/h8-13,18-19,21,23,30H,7,14-17H2,1-6H3,(H,26,28);1-2H3/b10-8-,11-9-,13-12+,22-18+,24-20+;. The molecule has 4 nitrogen and oxygen atoms in total. The maximum Gasteiger partial charge on any atom is 0.251 e. The number of rotatable bonds is 10. The van der Waals surface area contributed by atoms with Crippen LogP contribution in [-0.2, 0) is 8.98 Å². The molecule has 0 aromatic carbocycles. The van der Waals surface area contributed by atoms with Gasteiger partial charge in [-0.2, -0.15) is 0 Å². The number of carbonyl (C=O) groups excluding carboxylic acids is 1. The van der Waals surface area contributed by atoms with E-state index in [-0.39, 0.29) is 11.9 Å². The molecule has 1 aliphatic heterocycles. The molecule has 1 rings (SSSR count). The Morgan fingerprint density at radius 3 is 2.28 bits per heavy atom. The summed E-state index contributed by atoms with van der Waals surface area (Å²) < 4.78 is 5.12. The van der Waals surface area contributed by atoms with Gasteiger partial charge in [0.2, 0.25) is 0 Å². The van der Waals surface area contributed by atoms with E-state index < -0.39 is 0 Å². The molecule has 0 spiro atoms. The molecule has 1 fully saturated rings. The van der Waals surface area contributed by atoms with Gasteiger partial charge < -0.3 is 9.50 Å². The molecule has 0 bridgehead atoms. The highest BCUT2D eigenvalue weighted by Gasteiger charge is 2.23. The molecule has 5 heteroatoms. The second-order valence-electron chi connectivity index (χ2n) is 8.20. The first-order chi connectivity index (χ1) is 15.3. The fourth-order valence-electron chi connectivity index (χ4n) is 3.40. The van der Waals surface area contributed by atoms with E-state index >= 15 is 0 Å². The van der Waals surface area contributed by atoms with E-state index in [2.05, 4.69) is 63.0 Å². The van der Waals surface area contributed by atoms with Crippen LogP contribution in [0.5, 0.6) is 0 Å². The van der Waals surface area contributed by atoms with Crippen LogP contribution in [-0.4, -0.2) is 36.0 Å². The van der Waals surface area contributed by atoms with Gasteiger partial charge >= 0.3 is 0 Å². The Morgan fingerprint density at radius 1 is 1.16 bits per heavy atom. The molecule has 0 aromatic rings. The lowest BCUT2D eigenvalue weighted by Gasteiger charge is -2.35. The van der Waals surface area contributed by atoms with E-state index in [4.69, 9.17) is 4.18 Å². The van der Waals surface area contributed by atoms with Gasteiger partial charge in [0, 0.05) is 43.7 Å². The summed E-state index contributed by atoms with van der Waals surface area (Å²) in [7, 11) is 0. The SMILES string of the molecule is CC.C\C=C/C(OS)=C(C)\C=C\C(C)N1CCC(NC(=O)C(/C=C\CC)=C/C(C)C)CC1. The summed E-state index contributed by atoms with van der Waals surface area (Å²) in [4.78, 5) is 15.2. The van der Waals surface area contributed by atoms with Crippen molar-refractivity contribution >= 4 is 18.8 Å². The Hall–Kier alpha value is -1.72. The molecule has 1 unspecified atom stereocenters. The molecule has 182 valence electrons. The predicted molar refractivity (Wildman–Crippen MR) is 143 cm³/mol. The smallest absolute Gasteiger partial charge is 0.251 e. The first kappa shape index (κ1) is 30.3. The summed E-state index contributed by atoms with van der Waals surface area (Å²) in [6.45, 7) is 18.4. The maximum absolute atomic E-state index is 12.7. The summed E-state index contributed by atoms with van der Waals surface area (Å²) in [6.07, 6.45) is 17.0. The predicted octanol–water partition coefficient (Wildman–Crippen LogP) is 6.80. The molecule has 1 saturated heterocycles. The lowest BCUT2D eigenvalue weighted by Crippen LogP contribution is -2.47. The monoisotopic (exact) mass is 462 g/mol. The van der Waals surface area contributed by atoms with Gasteiger partial charge in [-0.3, -0.25) is 9.69 Å². The topological polar surface area (TPSA) is 41.6 Å². The van der Waals surface area contributed by atoms with E-state index in [9.17, 15) is 4.79 Å². The molecule has 0 aromatic heterocycles. The highest BCUT2D eigenvalue weighted by Crippen LogP contribution is 2.17. The van der Waals surface area contributed by atoms with Gasteiger partial charge in [-0.25, -0.2) is 0 Å². The quantitative estimate of drug-likeness (QED) is 0.123. The Balaban J connectivity index is 0.00000466. The number of hydrogen-bond donors (Lipinski definition) is 2. The van der Waals surface area contributed by atoms with E-state index in [1.54, 1.807) is 0 Å². The molecule has 32 heavy (non-hydrogen) atoms. The summed E-state index contributed by atoms with van der Waals surface area (Å²) in [5.74, 6) is 1.15. The van der Waals surface area contributed by atoms with Crippen molar-refractivity contribution in [2.24, 2.45) is 5.92 Å². The molecule has 0 aliphatic carbocycles. The molecule has 1 atom stereocenters. The number of allylic oxidation sites excluding steroid dienone is 6. The number of thiol groups is 1. The van der Waals surface area contributed by atoms with E-state index in [1.807, 2.05) is 58.1 Å². The zero-order valence-corrected chi connectivity index (χ0v) is 22.4. The van der Waals surface area contributed by atoms with Crippen LogP contribution in [0.2, 0.25) is 0 Å². The lowest BCUT2D eigenvalue weighted by atomic mass is 10.0. The van der Waals surface area contributed by atoms with E-state index in [1.165, 1.54) is 0 Å². The summed E-state index contributed by atoms with van der Waals surface area (Å²) in [6, 6.07) is 0.559. The Bertz CT molecular complexity index is 682. The van der Waals surface area contributed by atoms with Crippen LogP contribution in [0.1, 0.15) is 74.7 Å². The highest BCUT2D eigenvalue weighted by molar-refractivity contribution is 7.75. The largest absolute Gasteiger partial charge is 0.429 e. The normalized spacial score (nSPS) is 18.1. The van der Waals surface area contributed by atoms with Crippen LogP contribution in [0, 0.1) is 5.92 Å². The van der Waals surface area contributed by atoms with Crippen molar-refractivity contribution in [1.29, 1.82) is 0 Å². The van der Waals surface area contributed by atoms with Crippen molar-refractivity contribution in [1.82, 2.24) is 10.2 Å². The van der Waals surface area contributed by atoms with Crippen LogP contribution < -0.4 is 5.32 Å². The Morgan fingerprint density at radius 2 is 1.78 bits per heavy atom. The molecule has 1 heterocycles. The highest BCUT2D eigenvalue weighted by atomic mass is 32.1. The van der Waals surface area contributed by atoms with Gasteiger partial charge in [0.1, 0.15) is 5.76 Å². The number of nitrogens with one attached hydrogen (secondary N) is 1. The second-order valence-corrected chi connectivity index (χ2v) is 8.38. The van der Waals surface area contributed by atoms with E-state index in [0.29, 0.717) is 12.0 Å². The number of hydrogen-bond acceptors (Lipinski definition) is 4. The van der Waals surface area contributed by atoms with Crippen molar-refractivity contribution in [3.8, 4) is 0 Å². The molecule has 1 aliphatic rings. The minimum atomic E-state index is 0.0452. The molecular formula is C27H46N2O2S. The number of nitrogens with zero attached hydrogens (tertiary/aromatic N) is 1. The van der Waals surface area contributed by atoms with Crippen molar-refractivity contribution in [2.45, 2.75) is 86.7 Å². The van der Waals surface area contributed by atoms with Crippen molar-refractivity contribution in [2.75, 3.05) is 13.1 Å². The summed E-state index contributed by atoms with van der Waals surface area (Å²) in [5, 5.41) is 3.24. The number of carbonyl (C=O) groups is 1. The average molecular weight is 463 g/mol. The summed E-state index contributed by atoms with van der Waals surface area (Å²) >= 11 is 3.93. The van der Waals surface area contributed by atoms with Crippen LogP contribution in [0.4, 0.5) is 0 Å². The van der Waals surface area contributed by atoms with Crippen LogP contribution in [0.15, 0.2) is 59.4 Å². The van der Waals surface area contributed by atoms with Crippen molar-refractivity contribution < 1.29 is 8.98 Å². The molecule has 0 saturated carbocycles. The Labute approximate surface area is 203 Å². The molecular weight excluding hydrogens is 416 g/mol. The maximum atomic E-state index is 12.7. The summed E-state index contributed by atoms with van der Waals surface area (Å²) in [5.41, 5.74) is 1.82. The number of likely N-dealkylation sites (tertiary alicyclic amines) is 1. The zero-order chi connectivity index (χ0) is 24.5. The van der Waals surface area contributed by atoms with Gasteiger partial charge in [0.25, 0.3) is 5.91 Å². The van der Waals surface area contributed by atoms with Gasteiger partial charge in [-0.05, 0) is 57.6 Å². The molecule has 1 amide bonds. The average Bonchev–Trinajstić information content (AvgIpc) is 2.79.